The minimum absolute atomic E-state index is 0.0294. The van der Waals surface area contributed by atoms with Crippen molar-refractivity contribution < 1.29 is 14.4 Å². The number of hydrogen-bond donors (Lipinski definition) is 0. The molecule has 4 aliphatic rings. The van der Waals surface area contributed by atoms with Gasteiger partial charge in [-0.3, -0.25) is 19.3 Å². The molecule has 1 aromatic carbocycles. The van der Waals surface area contributed by atoms with Crippen LogP contribution in [0.2, 0.25) is 0 Å². The molecular formula is C22H24Br2N2O3. The third kappa shape index (κ3) is 2.94. The van der Waals surface area contributed by atoms with Gasteiger partial charge in [0.05, 0.1) is 17.5 Å². The lowest BCUT2D eigenvalue weighted by Gasteiger charge is -2.30. The van der Waals surface area contributed by atoms with Crippen LogP contribution in [0.1, 0.15) is 36.5 Å². The van der Waals surface area contributed by atoms with Gasteiger partial charge >= 0.3 is 0 Å². The van der Waals surface area contributed by atoms with E-state index in [-0.39, 0.29) is 51.0 Å². The minimum Gasteiger partial charge on any atom is -0.339 e. The summed E-state index contributed by atoms with van der Waals surface area (Å²) in [4.78, 5) is 42.7. The highest BCUT2D eigenvalue weighted by atomic mass is 79.9. The Hall–Kier alpha value is -1.21. The molecule has 7 heteroatoms. The predicted octanol–water partition coefficient (Wildman–Crippen LogP) is 3.84. The van der Waals surface area contributed by atoms with Crippen LogP contribution in [0, 0.1) is 29.6 Å². The van der Waals surface area contributed by atoms with Crippen LogP contribution in [-0.4, -0.2) is 45.4 Å². The van der Waals surface area contributed by atoms with Crippen molar-refractivity contribution in [1.82, 2.24) is 4.90 Å². The van der Waals surface area contributed by atoms with Gasteiger partial charge in [-0.15, -0.1) is 0 Å². The molecule has 0 unspecified atom stereocenters. The van der Waals surface area contributed by atoms with Crippen molar-refractivity contribution in [3.63, 3.8) is 0 Å². The number of alkyl halides is 2. The van der Waals surface area contributed by atoms with Crippen LogP contribution in [0.15, 0.2) is 24.3 Å². The fraction of sp³-hybridized carbons (Fsp3) is 0.591. The molecule has 2 saturated carbocycles. The van der Waals surface area contributed by atoms with Crippen LogP contribution in [-0.2, 0) is 9.59 Å². The number of rotatable bonds is 2. The van der Waals surface area contributed by atoms with Crippen molar-refractivity contribution in [2.45, 2.75) is 35.8 Å². The molecule has 29 heavy (non-hydrogen) atoms. The van der Waals surface area contributed by atoms with Gasteiger partial charge in [0.1, 0.15) is 0 Å². The van der Waals surface area contributed by atoms with E-state index in [2.05, 4.69) is 38.8 Å². The van der Waals surface area contributed by atoms with Crippen molar-refractivity contribution in [1.29, 1.82) is 0 Å². The van der Waals surface area contributed by atoms with Crippen LogP contribution in [0.5, 0.6) is 0 Å². The number of anilines is 1. The molecule has 5 nitrogen and oxygen atoms in total. The van der Waals surface area contributed by atoms with Crippen LogP contribution in [0.25, 0.3) is 0 Å². The molecule has 0 N–H and O–H groups in total. The van der Waals surface area contributed by atoms with Gasteiger partial charge in [0.15, 0.2) is 0 Å². The summed E-state index contributed by atoms with van der Waals surface area (Å²) in [6.45, 7) is 3.80. The van der Waals surface area contributed by atoms with Gasteiger partial charge in [-0.2, -0.15) is 0 Å². The second-order valence-electron chi connectivity index (χ2n) is 9.04. The summed E-state index contributed by atoms with van der Waals surface area (Å²) in [5, 5.41) is 0. The smallest absolute Gasteiger partial charge is 0.253 e. The summed E-state index contributed by atoms with van der Waals surface area (Å²) in [7, 11) is 0. The van der Waals surface area contributed by atoms with Gasteiger partial charge < -0.3 is 4.90 Å². The van der Waals surface area contributed by atoms with E-state index in [9.17, 15) is 14.4 Å². The number of piperidine rings is 1. The van der Waals surface area contributed by atoms with Crippen molar-refractivity contribution in [2.75, 3.05) is 18.0 Å². The normalized spacial score (nSPS) is 36.8. The van der Waals surface area contributed by atoms with E-state index in [0.717, 1.165) is 32.4 Å². The Bertz CT molecular complexity index is 833. The SMILES string of the molecule is CC1CCN(C(=O)c2ccc(N3C(=O)[C@@H]4[C@H]5C[C@@H]([C@H](Br)[C@@H]5Br)[C@@H]4C3=O)cc2)CC1. The standard InChI is InChI=1S/C22H24Br2N2O3/c1-11-6-8-25(9-7-11)20(27)12-2-4-13(5-3-12)26-21(28)16-14-10-15(17(16)22(26)29)19(24)18(14)23/h2-5,11,14-19H,6-10H2,1H3/t14-,15-,16-,17+,18-,19+/m1/s1. The number of hydrogen-bond acceptors (Lipinski definition) is 3. The quantitative estimate of drug-likeness (QED) is 0.437. The Morgan fingerprint density at radius 1 is 0.931 bits per heavy atom. The molecule has 154 valence electrons. The molecule has 2 aliphatic heterocycles. The molecule has 3 amide bonds. The summed E-state index contributed by atoms with van der Waals surface area (Å²) in [6, 6.07) is 6.99. The Morgan fingerprint density at radius 3 is 1.97 bits per heavy atom. The first-order valence-corrected chi connectivity index (χ1v) is 12.3. The van der Waals surface area contributed by atoms with Gasteiger partial charge in [0.25, 0.3) is 5.91 Å². The zero-order chi connectivity index (χ0) is 20.4. The van der Waals surface area contributed by atoms with Crippen molar-refractivity contribution >= 4 is 55.3 Å². The zero-order valence-corrected chi connectivity index (χ0v) is 19.4. The second-order valence-corrected chi connectivity index (χ2v) is 11.2. The molecule has 5 rings (SSSR count). The van der Waals surface area contributed by atoms with E-state index in [1.807, 2.05) is 4.90 Å². The fourth-order valence-corrected chi connectivity index (χ4v) is 7.62. The molecule has 0 radical (unpaired) electrons. The van der Waals surface area contributed by atoms with Gasteiger partial charge in [-0.25, -0.2) is 0 Å². The van der Waals surface area contributed by atoms with Crippen molar-refractivity contribution in [3.8, 4) is 0 Å². The number of imide groups is 1. The van der Waals surface area contributed by atoms with E-state index in [1.54, 1.807) is 24.3 Å². The Balaban J connectivity index is 1.35. The van der Waals surface area contributed by atoms with E-state index >= 15 is 0 Å². The summed E-state index contributed by atoms with van der Waals surface area (Å²) < 4.78 is 0. The van der Waals surface area contributed by atoms with Gasteiger partial charge in [0.2, 0.25) is 11.8 Å². The molecule has 1 aromatic rings. The van der Waals surface area contributed by atoms with Crippen LogP contribution >= 0.6 is 31.9 Å². The summed E-state index contributed by atoms with van der Waals surface area (Å²) >= 11 is 7.43. The maximum absolute atomic E-state index is 13.1. The van der Waals surface area contributed by atoms with Gasteiger partial charge in [-0.1, -0.05) is 38.8 Å². The van der Waals surface area contributed by atoms with Crippen LogP contribution in [0.3, 0.4) is 0 Å². The van der Waals surface area contributed by atoms with Crippen LogP contribution in [0.4, 0.5) is 5.69 Å². The lowest BCUT2D eigenvalue weighted by Crippen LogP contribution is -2.38. The lowest BCUT2D eigenvalue weighted by molar-refractivity contribution is -0.123. The minimum atomic E-state index is -0.220. The molecule has 0 aromatic heterocycles. The first kappa shape index (κ1) is 19.7. The Labute approximate surface area is 187 Å². The fourth-order valence-electron chi connectivity index (χ4n) is 5.75. The number of likely N-dealkylation sites (tertiary alicyclic amines) is 1. The summed E-state index contributed by atoms with van der Waals surface area (Å²) in [6.07, 6.45) is 3.00. The number of carbonyl (C=O) groups is 3. The number of nitrogens with zero attached hydrogens (tertiary/aromatic N) is 2. The topological polar surface area (TPSA) is 57.7 Å². The predicted molar refractivity (Wildman–Crippen MR) is 117 cm³/mol. The van der Waals surface area contributed by atoms with Crippen LogP contribution < -0.4 is 4.90 Å². The molecule has 2 aliphatic carbocycles. The zero-order valence-electron chi connectivity index (χ0n) is 16.3. The highest BCUT2D eigenvalue weighted by Crippen LogP contribution is 2.60. The summed E-state index contributed by atoms with van der Waals surface area (Å²) in [5.41, 5.74) is 1.19. The van der Waals surface area contributed by atoms with Gasteiger partial charge in [0, 0.05) is 28.3 Å². The maximum atomic E-state index is 13.1. The lowest BCUT2D eigenvalue weighted by atomic mass is 9.81. The third-order valence-electron chi connectivity index (χ3n) is 7.43. The number of benzene rings is 1. The first-order valence-electron chi connectivity index (χ1n) is 10.4. The Morgan fingerprint density at radius 2 is 1.45 bits per heavy atom. The molecule has 2 heterocycles. The highest BCUT2D eigenvalue weighted by Gasteiger charge is 2.66. The number of fused-ring (bicyclic) bond motifs is 5. The molecule has 0 spiro atoms. The highest BCUT2D eigenvalue weighted by molar-refractivity contribution is 9.12. The first-order chi connectivity index (χ1) is 13.9. The molecule has 6 atom stereocenters. The second kappa shape index (κ2) is 7.19. The average molecular weight is 524 g/mol. The number of halogens is 2. The van der Waals surface area contributed by atoms with E-state index < -0.39 is 0 Å². The van der Waals surface area contributed by atoms with Gasteiger partial charge in [-0.05, 0) is 61.3 Å². The molecule has 2 saturated heterocycles. The monoisotopic (exact) mass is 522 g/mol. The third-order valence-corrected chi connectivity index (χ3v) is 10.6. The summed E-state index contributed by atoms with van der Waals surface area (Å²) in [5.74, 6) is 0.505. The molecule has 4 fully saturated rings. The van der Waals surface area contributed by atoms with Crippen molar-refractivity contribution in [3.05, 3.63) is 29.8 Å². The molecule has 2 bridgehead atoms. The van der Waals surface area contributed by atoms with E-state index in [1.165, 1.54) is 4.90 Å². The van der Waals surface area contributed by atoms with E-state index in [0.29, 0.717) is 17.2 Å². The number of carbonyl (C=O) groups excluding carboxylic acids is 3. The largest absolute Gasteiger partial charge is 0.339 e. The maximum Gasteiger partial charge on any atom is 0.253 e. The average Bonchev–Trinajstić information content (AvgIpc) is 3.33. The number of amides is 3. The Kier molecular flexibility index (Phi) is 4.89. The van der Waals surface area contributed by atoms with Crippen molar-refractivity contribution in [2.24, 2.45) is 29.6 Å². The van der Waals surface area contributed by atoms with E-state index in [4.69, 9.17) is 0 Å². The molecular weight excluding hydrogens is 500 g/mol.